The van der Waals surface area contributed by atoms with Gasteiger partial charge in [0.05, 0.1) is 24.1 Å². The van der Waals surface area contributed by atoms with E-state index in [0.717, 1.165) is 5.56 Å². The molecule has 0 aromatic heterocycles. The molecule has 3 amide bonds. The van der Waals surface area contributed by atoms with Gasteiger partial charge in [-0.25, -0.2) is 0 Å². The topological polar surface area (TPSA) is 97.0 Å². The number of nitrogens with zero attached hydrogens (tertiary/aromatic N) is 1. The third-order valence-corrected chi connectivity index (χ3v) is 6.83. The molecule has 186 valence electrons. The number of carbonyl (C=O) groups is 3. The van der Waals surface area contributed by atoms with Gasteiger partial charge in [0, 0.05) is 30.7 Å². The molecule has 0 saturated carbocycles. The summed E-state index contributed by atoms with van der Waals surface area (Å²) in [7, 11) is 1.76. The Morgan fingerprint density at radius 3 is 2.71 bits per heavy atom. The van der Waals surface area contributed by atoms with Crippen molar-refractivity contribution in [1.82, 2.24) is 10.2 Å². The van der Waals surface area contributed by atoms with Crippen LogP contribution in [0.5, 0.6) is 5.75 Å². The summed E-state index contributed by atoms with van der Waals surface area (Å²) in [6.45, 7) is 2.38. The number of amides is 3. The first-order valence-electron chi connectivity index (χ1n) is 11.8. The first-order valence-corrected chi connectivity index (χ1v) is 12.2. The van der Waals surface area contributed by atoms with E-state index in [-0.39, 0.29) is 49.0 Å². The van der Waals surface area contributed by atoms with Crippen LogP contribution in [0.1, 0.15) is 48.5 Å². The van der Waals surface area contributed by atoms with Crippen LogP contribution in [0.3, 0.4) is 0 Å². The summed E-state index contributed by atoms with van der Waals surface area (Å²) in [5, 5.41) is 6.30. The Labute approximate surface area is 209 Å². The maximum atomic E-state index is 13.3. The second-order valence-corrected chi connectivity index (χ2v) is 9.26. The van der Waals surface area contributed by atoms with Gasteiger partial charge in [0.2, 0.25) is 11.8 Å². The second kappa shape index (κ2) is 11.1. The molecule has 0 spiro atoms. The van der Waals surface area contributed by atoms with E-state index in [1.54, 1.807) is 43.1 Å². The van der Waals surface area contributed by atoms with E-state index in [1.807, 2.05) is 18.2 Å². The zero-order valence-corrected chi connectivity index (χ0v) is 20.6. The number of hydrogen-bond acceptors (Lipinski definition) is 5. The number of rotatable bonds is 6. The van der Waals surface area contributed by atoms with Gasteiger partial charge in [-0.15, -0.1) is 0 Å². The van der Waals surface area contributed by atoms with Crippen LogP contribution >= 0.6 is 11.6 Å². The van der Waals surface area contributed by atoms with Crippen molar-refractivity contribution < 1.29 is 23.9 Å². The molecule has 0 unspecified atom stereocenters. The van der Waals surface area contributed by atoms with E-state index >= 15 is 0 Å². The first-order chi connectivity index (χ1) is 16.9. The molecule has 8 nitrogen and oxygen atoms in total. The molecule has 0 bridgehead atoms. The van der Waals surface area contributed by atoms with Gasteiger partial charge < -0.3 is 25.0 Å². The highest BCUT2D eigenvalue weighted by Crippen LogP contribution is 2.32. The standard InChI is InChI=1S/C26H30ClN3O5/c1-3-24(31)29-17-8-11-22-19(12-17)26(33)30(2)21-10-9-18(35-23(21)15-34-22)13-25(32)28-14-16-6-4-5-7-20(16)27/h4-8,11-12,18,21,23H,3,9-10,13-15H2,1-2H3,(H,28,32)(H,29,31)/t18-,21+,23+/m1/s1. The average Bonchev–Trinajstić information content (AvgIpc) is 2.86. The van der Waals surface area contributed by atoms with Crippen molar-refractivity contribution in [3.63, 3.8) is 0 Å². The van der Waals surface area contributed by atoms with Gasteiger partial charge >= 0.3 is 0 Å². The van der Waals surface area contributed by atoms with Crippen molar-refractivity contribution in [3.05, 3.63) is 58.6 Å². The number of nitrogens with one attached hydrogen (secondary N) is 2. The van der Waals surface area contributed by atoms with E-state index in [4.69, 9.17) is 21.1 Å². The second-order valence-electron chi connectivity index (χ2n) is 8.85. The number of fused-ring (bicyclic) bond motifs is 2. The molecule has 2 aromatic rings. The Bertz CT molecular complexity index is 1110. The largest absolute Gasteiger partial charge is 0.490 e. The van der Waals surface area contributed by atoms with E-state index in [2.05, 4.69) is 10.6 Å². The van der Waals surface area contributed by atoms with Gasteiger partial charge in [-0.2, -0.15) is 0 Å². The Hall–Kier alpha value is -3.10. The fourth-order valence-electron chi connectivity index (χ4n) is 4.47. The third-order valence-electron chi connectivity index (χ3n) is 6.46. The minimum absolute atomic E-state index is 0.114. The smallest absolute Gasteiger partial charge is 0.257 e. The zero-order chi connectivity index (χ0) is 24.9. The molecule has 1 saturated heterocycles. The molecule has 4 rings (SSSR count). The molecule has 35 heavy (non-hydrogen) atoms. The van der Waals surface area contributed by atoms with Crippen molar-refractivity contribution in [1.29, 1.82) is 0 Å². The summed E-state index contributed by atoms with van der Waals surface area (Å²) in [5.41, 5.74) is 1.82. The third kappa shape index (κ3) is 5.94. The van der Waals surface area contributed by atoms with E-state index < -0.39 is 0 Å². The van der Waals surface area contributed by atoms with Crippen molar-refractivity contribution in [2.45, 2.75) is 57.4 Å². The lowest BCUT2D eigenvalue weighted by Gasteiger charge is -2.42. The van der Waals surface area contributed by atoms with Crippen molar-refractivity contribution in [2.75, 3.05) is 19.0 Å². The Kier molecular flexibility index (Phi) is 7.93. The first kappa shape index (κ1) is 25.0. The maximum Gasteiger partial charge on any atom is 0.257 e. The summed E-state index contributed by atoms with van der Waals surface area (Å²) in [5.74, 6) is 0.0107. The van der Waals surface area contributed by atoms with Gasteiger partial charge in [0.25, 0.3) is 5.91 Å². The van der Waals surface area contributed by atoms with Gasteiger partial charge in [-0.1, -0.05) is 36.7 Å². The Balaban J connectivity index is 1.39. The van der Waals surface area contributed by atoms with E-state index in [1.165, 1.54) is 0 Å². The van der Waals surface area contributed by atoms with E-state index in [9.17, 15) is 14.4 Å². The van der Waals surface area contributed by atoms with Crippen LogP contribution in [0.25, 0.3) is 0 Å². The monoisotopic (exact) mass is 499 g/mol. The number of carbonyl (C=O) groups excluding carboxylic acids is 3. The molecular weight excluding hydrogens is 470 g/mol. The molecule has 2 aliphatic rings. The number of likely N-dealkylation sites (N-methyl/N-ethyl adjacent to an activating group) is 1. The summed E-state index contributed by atoms with van der Waals surface area (Å²) in [6.07, 6.45) is 1.30. The summed E-state index contributed by atoms with van der Waals surface area (Å²) in [4.78, 5) is 39.2. The predicted octanol–water partition coefficient (Wildman–Crippen LogP) is 3.78. The van der Waals surface area contributed by atoms with Crippen molar-refractivity contribution >= 4 is 35.0 Å². The highest BCUT2D eigenvalue weighted by atomic mass is 35.5. The molecule has 2 N–H and O–H groups in total. The number of benzene rings is 2. The highest BCUT2D eigenvalue weighted by molar-refractivity contribution is 6.31. The minimum Gasteiger partial charge on any atom is -0.490 e. The van der Waals surface area contributed by atoms with Gasteiger partial charge in [0.15, 0.2) is 0 Å². The predicted molar refractivity (Wildman–Crippen MR) is 133 cm³/mol. The molecule has 3 atom stereocenters. The van der Waals surface area contributed by atoms with Crippen LogP contribution in [0.2, 0.25) is 5.02 Å². The Morgan fingerprint density at radius 2 is 1.94 bits per heavy atom. The van der Waals surface area contributed by atoms with Crippen LogP contribution in [0, 0.1) is 0 Å². The molecule has 2 aromatic carbocycles. The van der Waals surface area contributed by atoms with Crippen LogP contribution in [0.4, 0.5) is 5.69 Å². The lowest BCUT2D eigenvalue weighted by molar-refractivity contribution is -0.134. The zero-order valence-electron chi connectivity index (χ0n) is 19.9. The molecule has 0 radical (unpaired) electrons. The van der Waals surface area contributed by atoms with E-state index in [0.29, 0.717) is 47.8 Å². The maximum absolute atomic E-state index is 13.3. The van der Waals surface area contributed by atoms with Crippen LogP contribution in [-0.4, -0.2) is 54.5 Å². The van der Waals surface area contributed by atoms with Gasteiger partial charge in [-0.3, -0.25) is 14.4 Å². The lowest BCUT2D eigenvalue weighted by Crippen LogP contribution is -2.53. The quantitative estimate of drug-likeness (QED) is 0.630. The fraction of sp³-hybridized carbons (Fsp3) is 0.423. The molecule has 2 heterocycles. The molecule has 1 fully saturated rings. The van der Waals surface area contributed by atoms with Crippen LogP contribution in [0.15, 0.2) is 42.5 Å². The number of hydrogen-bond donors (Lipinski definition) is 2. The number of halogens is 1. The summed E-state index contributed by atoms with van der Waals surface area (Å²) < 4.78 is 12.2. The summed E-state index contributed by atoms with van der Waals surface area (Å²) >= 11 is 6.16. The number of anilines is 1. The molecular formula is C26H30ClN3O5. The van der Waals surface area contributed by atoms with Gasteiger partial charge in [0.1, 0.15) is 18.5 Å². The summed E-state index contributed by atoms with van der Waals surface area (Å²) in [6, 6.07) is 12.3. The molecule has 9 heteroatoms. The van der Waals surface area contributed by atoms with Crippen molar-refractivity contribution in [3.8, 4) is 5.75 Å². The van der Waals surface area contributed by atoms with Gasteiger partial charge in [-0.05, 0) is 42.7 Å². The molecule has 2 aliphatic heterocycles. The highest BCUT2D eigenvalue weighted by Gasteiger charge is 2.39. The normalized spacial score (nSPS) is 21.6. The average molecular weight is 500 g/mol. The van der Waals surface area contributed by atoms with Crippen LogP contribution < -0.4 is 15.4 Å². The minimum atomic E-state index is -0.355. The Morgan fingerprint density at radius 1 is 1.14 bits per heavy atom. The van der Waals surface area contributed by atoms with Crippen molar-refractivity contribution in [2.24, 2.45) is 0 Å². The number of ether oxygens (including phenoxy) is 2. The SMILES string of the molecule is CCC(=O)Nc1ccc2c(c1)C(=O)N(C)[C@H]1CC[C@H](CC(=O)NCc3ccccc3Cl)O[C@H]1CO2. The van der Waals surface area contributed by atoms with Crippen LogP contribution in [-0.2, 0) is 20.9 Å². The fourth-order valence-corrected chi connectivity index (χ4v) is 4.67. The lowest BCUT2D eigenvalue weighted by atomic mass is 9.94. The molecule has 0 aliphatic carbocycles.